The molecule has 0 radical (unpaired) electrons. The van der Waals surface area contributed by atoms with Crippen molar-refractivity contribution >= 4 is 17.5 Å². The molecule has 2 aliphatic rings. The molecule has 0 fully saturated rings. The zero-order valence-electron chi connectivity index (χ0n) is 21.0. The van der Waals surface area contributed by atoms with Crippen molar-refractivity contribution in [2.24, 2.45) is 5.10 Å². The molecule has 2 aromatic rings. The first-order valence-corrected chi connectivity index (χ1v) is 12.0. The highest BCUT2D eigenvalue weighted by Crippen LogP contribution is 2.34. The molecule has 1 heterocycles. The molecule has 1 unspecified atom stereocenters. The molecule has 1 amide bonds. The molecular formula is C28H34N4O3. The second kappa shape index (κ2) is 9.96. The van der Waals surface area contributed by atoms with Crippen molar-refractivity contribution in [3.05, 3.63) is 83.5 Å². The van der Waals surface area contributed by atoms with Crippen LogP contribution in [0.15, 0.2) is 71.9 Å². The zero-order valence-corrected chi connectivity index (χ0v) is 21.0. The fourth-order valence-corrected chi connectivity index (χ4v) is 4.25. The zero-order chi connectivity index (χ0) is 25.2. The Labute approximate surface area is 207 Å². The van der Waals surface area contributed by atoms with Crippen molar-refractivity contribution in [3.8, 4) is 5.75 Å². The molecular weight excluding hydrogens is 440 g/mol. The second-order valence-corrected chi connectivity index (χ2v) is 9.82. The SMILES string of the molecule is CC(C)c1cccc(C(C)(C)NC(=O)OCCc2ccc(O)c(N3N=C4C=CC=CC4N3C)c2)c1. The standard InChI is InChI=1S/C28H34N4O3/c1-19(2)21-9-8-10-22(18-21)28(3,4)29-27(34)35-16-15-20-13-14-26(33)25(17-20)32-30-23-11-6-7-12-24(23)31(32)5/h6-14,17-19,24,33H,15-16H2,1-5H3,(H,29,34). The minimum Gasteiger partial charge on any atom is -0.506 e. The monoisotopic (exact) mass is 474 g/mol. The minimum absolute atomic E-state index is 0.0414. The van der Waals surface area contributed by atoms with Crippen LogP contribution in [0.3, 0.4) is 0 Å². The molecule has 0 saturated carbocycles. The number of hydrogen-bond acceptors (Lipinski definition) is 6. The molecule has 4 rings (SSSR count). The minimum atomic E-state index is -0.563. The van der Waals surface area contributed by atoms with Gasteiger partial charge in [-0.1, -0.05) is 62.4 Å². The maximum Gasteiger partial charge on any atom is 0.407 e. The quantitative estimate of drug-likeness (QED) is 0.574. The summed E-state index contributed by atoms with van der Waals surface area (Å²) < 4.78 is 5.49. The van der Waals surface area contributed by atoms with Gasteiger partial charge in [-0.15, -0.1) is 0 Å². The number of hydrazone groups is 1. The molecule has 0 spiro atoms. The molecule has 35 heavy (non-hydrogen) atoms. The lowest BCUT2D eigenvalue weighted by Gasteiger charge is -2.28. The van der Waals surface area contributed by atoms with Crippen LogP contribution in [0.1, 0.15) is 50.3 Å². The molecule has 1 atom stereocenters. The molecule has 7 heteroatoms. The first-order valence-electron chi connectivity index (χ1n) is 12.0. The highest BCUT2D eigenvalue weighted by Gasteiger charge is 2.32. The van der Waals surface area contributed by atoms with Crippen LogP contribution in [0.5, 0.6) is 5.75 Å². The van der Waals surface area contributed by atoms with E-state index in [2.05, 4.69) is 42.5 Å². The number of aromatic hydroxyl groups is 1. The fourth-order valence-electron chi connectivity index (χ4n) is 4.25. The average molecular weight is 475 g/mol. The molecule has 1 aliphatic carbocycles. The second-order valence-electron chi connectivity index (χ2n) is 9.82. The van der Waals surface area contributed by atoms with Gasteiger partial charge in [-0.25, -0.2) is 4.79 Å². The van der Waals surface area contributed by atoms with Gasteiger partial charge in [0.15, 0.2) is 0 Å². The van der Waals surface area contributed by atoms with Crippen LogP contribution in [0.25, 0.3) is 0 Å². The third-order valence-electron chi connectivity index (χ3n) is 6.45. The maximum absolute atomic E-state index is 12.5. The summed E-state index contributed by atoms with van der Waals surface area (Å²) in [4.78, 5) is 12.5. The number of nitrogens with one attached hydrogen (secondary N) is 1. The lowest BCUT2D eigenvalue weighted by Crippen LogP contribution is -2.41. The summed E-state index contributed by atoms with van der Waals surface area (Å²) in [5.41, 5.74) is 4.14. The van der Waals surface area contributed by atoms with Crippen LogP contribution in [0, 0.1) is 0 Å². The van der Waals surface area contributed by atoms with Gasteiger partial charge in [0, 0.05) is 13.5 Å². The van der Waals surface area contributed by atoms with E-state index in [-0.39, 0.29) is 18.4 Å². The normalized spacial score (nSPS) is 17.5. The Morgan fingerprint density at radius 1 is 1.20 bits per heavy atom. The van der Waals surface area contributed by atoms with Crippen molar-refractivity contribution < 1.29 is 14.6 Å². The van der Waals surface area contributed by atoms with Gasteiger partial charge in [0.05, 0.1) is 23.9 Å². The number of fused-ring (bicyclic) bond motifs is 1. The van der Waals surface area contributed by atoms with Crippen LogP contribution >= 0.6 is 0 Å². The molecule has 2 aromatic carbocycles. The number of likely N-dealkylation sites (N-methyl/N-ethyl adjacent to an activating group) is 1. The van der Waals surface area contributed by atoms with Gasteiger partial charge in [0.2, 0.25) is 0 Å². The van der Waals surface area contributed by atoms with E-state index in [1.165, 1.54) is 5.56 Å². The average Bonchev–Trinajstić information content (AvgIpc) is 3.16. The van der Waals surface area contributed by atoms with E-state index >= 15 is 0 Å². The van der Waals surface area contributed by atoms with Gasteiger partial charge in [-0.05, 0) is 54.7 Å². The fraction of sp³-hybridized carbons (Fsp3) is 0.357. The van der Waals surface area contributed by atoms with Crippen LogP contribution in [-0.2, 0) is 16.7 Å². The number of nitrogens with zero attached hydrogens (tertiary/aromatic N) is 3. The molecule has 0 aromatic heterocycles. The Morgan fingerprint density at radius 3 is 2.74 bits per heavy atom. The third-order valence-corrected chi connectivity index (χ3v) is 6.45. The first kappa shape index (κ1) is 24.5. The smallest absolute Gasteiger partial charge is 0.407 e. The number of amides is 1. The van der Waals surface area contributed by atoms with Gasteiger partial charge in [-0.2, -0.15) is 15.2 Å². The summed E-state index contributed by atoms with van der Waals surface area (Å²) in [7, 11) is 1.93. The number of phenols is 1. The van der Waals surface area contributed by atoms with Gasteiger partial charge < -0.3 is 15.2 Å². The van der Waals surface area contributed by atoms with E-state index < -0.39 is 11.6 Å². The number of rotatable bonds is 7. The first-order chi connectivity index (χ1) is 16.7. The van der Waals surface area contributed by atoms with Gasteiger partial charge in [0.1, 0.15) is 11.4 Å². The number of alkyl carbamates (subject to hydrolysis) is 1. The molecule has 2 N–H and O–H groups in total. The van der Waals surface area contributed by atoms with Crippen LogP contribution < -0.4 is 10.4 Å². The Balaban J connectivity index is 1.36. The predicted molar refractivity (Wildman–Crippen MR) is 140 cm³/mol. The van der Waals surface area contributed by atoms with E-state index in [0.29, 0.717) is 18.0 Å². The molecule has 7 nitrogen and oxygen atoms in total. The summed E-state index contributed by atoms with van der Waals surface area (Å²) in [5.74, 6) is 0.553. The number of hydrazine groups is 1. The number of ether oxygens (including phenoxy) is 1. The largest absolute Gasteiger partial charge is 0.506 e. The van der Waals surface area contributed by atoms with Gasteiger partial charge >= 0.3 is 6.09 Å². The number of allylic oxidation sites excluding steroid dienone is 2. The van der Waals surface area contributed by atoms with Crippen molar-refractivity contribution in [1.29, 1.82) is 0 Å². The van der Waals surface area contributed by atoms with Crippen LogP contribution in [0.2, 0.25) is 0 Å². The molecule has 0 saturated heterocycles. The summed E-state index contributed by atoms with van der Waals surface area (Å²) in [6.45, 7) is 8.46. The third kappa shape index (κ3) is 5.41. The highest BCUT2D eigenvalue weighted by atomic mass is 16.5. The van der Waals surface area contributed by atoms with Crippen LogP contribution in [-0.4, -0.2) is 41.6 Å². The predicted octanol–water partition coefficient (Wildman–Crippen LogP) is 5.24. The molecule has 1 aliphatic heterocycles. The topological polar surface area (TPSA) is 77.4 Å². The molecule has 184 valence electrons. The Bertz CT molecular complexity index is 1180. The number of carbonyl (C=O) groups excluding carboxylic acids is 1. The Hall–Kier alpha value is -3.58. The van der Waals surface area contributed by atoms with Crippen molar-refractivity contribution in [3.63, 3.8) is 0 Å². The summed E-state index contributed by atoms with van der Waals surface area (Å²) >= 11 is 0. The van der Waals surface area contributed by atoms with E-state index in [9.17, 15) is 9.90 Å². The number of hydrogen-bond donors (Lipinski definition) is 2. The van der Waals surface area contributed by atoms with E-state index in [4.69, 9.17) is 4.74 Å². The summed E-state index contributed by atoms with van der Waals surface area (Å²) in [6, 6.07) is 13.7. The van der Waals surface area contributed by atoms with Crippen molar-refractivity contribution in [1.82, 2.24) is 10.3 Å². The number of anilines is 1. The maximum atomic E-state index is 12.5. The Kier molecular flexibility index (Phi) is 6.98. The van der Waals surface area contributed by atoms with E-state index in [1.807, 2.05) is 68.4 Å². The summed E-state index contributed by atoms with van der Waals surface area (Å²) in [6.07, 6.45) is 8.03. The van der Waals surface area contributed by atoms with Gasteiger partial charge in [0.25, 0.3) is 0 Å². The van der Waals surface area contributed by atoms with E-state index in [1.54, 1.807) is 11.2 Å². The molecule has 0 bridgehead atoms. The van der Waals surface area contributed by atoms with Crippen LogP contribution in [0.4, 0.5) is 10.5 Å². The lowest BCUT2D eigenvalue weighted by molar-refractivity contribution is 0.137. The van der Waals surface area contributed by atoms with E-state index in [0.717, 1.165) is 16.8 Å². The Morgan fingerprint density at radius 2 is 2.00 bits per heavy atom. The number of phenolic OH excluding ortho intramolecular Hbond substituents is 1. The summed E-state index contributed by atoms with van der Waals surface area (Å²) in [5, 5.41) is 21.8. The van der Waals surface area contributed by atoms with Crippen molar-refractivity contribution in [2.45, 2.75) is 51.6 Å². The highest BCUT2D eigenvalue weighted by molar-refractivity contribution is 6.03. The number of benzene rings is 2. The van der Waals surface area contributed by atoms with Gasteiger partial charge in [-0.3, -0.25) is 0 Å². The lowest BCUT2D eigenvalue weighted by atomic mass is 9.90. The van der Waals surface area contributed by atoms with Crippen molar-refractivity contribution in [2.75, 3.05) is 18.8 Å². The number of carbonyl (C=O) groups is 1.